The van der Waals surface area contributed by atoms with E-state index in [0.29, 0.717) is 25.9 Å². The normalized spacial score (nSPS) is 18.7. The van der Waals surface area contributed by atoms with Gasteiger partial charge in [0.1, 0.15) is 6.04 Å². The van der Waals surface area contributed by atoms with Crippen molar-refractivity contribution in [2.75, 3.05) is 13.1 Å². The van der Waals surface area contributed by atoms with Crippen molar-refractivity contribution in [2.45, 2.75) is 25.8 Å². The Kier molecular flexibility index (Phi) is 4.18. The van der Waals surface area contributed by atoms with Crippen LogP contribution in [0.15, 0.2) is 24.3 Å². The Hall–Kier alpha value is -1.86. The summed E-state index contributed by atoms with van der Waals surface area (Å²) in [5.41, 5.74) is 2.16. The lowest BCUT2D eigenvalue weighted by Crippen LogP contribution is -2.38. The van der Waals surface area contributed by atoms with Crippen LogP contribution in [0.5, 0.6) is 0 Å². The summed E-state index contributed by atoms with van der Waals surface area (Å²) in [4.78, 5) is 13.0. The van der Waals surface area contributed by atoms with E-state index < -0.39 is 5.97 Å². The number of carboxylic acid groups (broad SMARTS) is 1. The summed E-state index contributed by atoms with van der Waals surface area (Å²) in [5, 5.41) is 18.4. The predicted molar refractivity (Wildman–Crippen MR) is 71.5 cm³/mol. The second kappa shape index (κ2) is 5.85. The van der Waals surface area contributed by atoms with Crippen LogP contribution in [-0.4, -0.2) is 29.1 Å². The number of hydrogen-bond donors (Lipinski definition) is 1. The van der Waals surface area contributed by atoms with Crippen LogP contribution in [0, 0.1) is 24.2 Å². The lowest BCUT2D eigenvalue weighted by molar-refractivity contribution is -0.143. The first-order valence-electron chi connectivity index (χ1n) is 6.55. The monoisotopic (exact) mass is 258 g/mol. The number of carbonyl (C=O) groups is 1. The maximum absolute atomic E-state index is 10.9. The van der Waals surface area contributed by atoms with Gasteiger partial charge in [-0.3, -0.25) is 9.69 Å². The molecule has 19 heavy (non-hydrogen) atoms. The van der Waals surface area contributed by atoms with Gasteiger partial charge in [-0.25, -0.2) is 0 Å². The van der Waals surface area contributed by atoms with Crippen LogP contribution >= 0.6 is 0 Å². The second-order valence-corrected chi connectivity index (χ2v) is 5.09. The van der Waals surface area contributed by atoms with Crippen molar-refractivity contribution in [3.63, 3.8) is 0 Å². The fourth-order valence-electron chi connectivity index (χ4n) is 2.52. The highest BCUT2D eigenvalue weighted by Crippen LogP contribution is 2.26. The SMILES string of the molecule is Cc1ccc(C(C#N)N2CCC(C(=O)O)CC2)cc1. The molecule has 4 nitrogen and oxygen atoms in total. The molecule has 1 aliphatic heterocycles. The molecule has 1 heterocycles. The molecule has 0 radical (unpaired) electrons. The summed E-state index contributed by atoms with van der Waals surface area (Å²) in [5.74, 6) is -0.975. The van der Waals surface area contributed by atoms with Gasteiger partial charge in [0, 0.05) is 13.1 Å². The largest absolute Gasteiger partial charge is 0.481 e. The van der Waals surface area contributed by atoms with Gasteiger partial charge in [-0.2, -0.15) is 5.26 Å². The van der Waals surface area contributed by atoms with Crippen molar-refractivity contribution in [1.29, 1.82) is 5.26 Å². The molecule has 100 valence electrons. The average molecular weight is 258 g/mol. The second-order valence-electron chi connectivity index (χ2n) is 5.09. The number of nitriles is 1. The molecule has 1 aromatic rings. The van der Waals surface area contributed by atoms with Crippen molar-refractivity contribution in [2.24, 2.45) is 5.92 Å². The van der Waals surface area contributed by atoms with Crippen LogP contribution in [-0.2, 0) is 4.79 Å². The molecule has 4 heteroatoms. The molecule has 1 fully saturated rings. The van der Waals surface area contributed by atoms with Gasteiger partial charge in [-0.1, -0.05) is 29.8 Å². The van der Waals surface area contributed by atoms with Gasteiger partial charge in [0.05, 0.1) is 12.0 Å². The van der Waals surface area contributed by atoms with Crippen LogP contribution in [0.25, 0.3) is 0 Å². The van der Waals surface area contributed by atoms with Gasteiger partial charge in [0.2, 0.25) is 0 Å². The molecule has 1 unspecified atom stereocenters. The minimum Gasteiger partial charge on any atom is -0.481 e. The molecule has 1 aliphatic rings. The third-order valence-electron chi connectivity index (χ3n) is 3.76. The summed E-state index contributed by atoms with van der Waals surface area (Å²) >= 11 is 0. The lowest BCUT2D eigenvalue weighted by Gasteiger charge is -2.33. The maximum Gasteiger partial charge on any atom is 0.306 e. The lowest BCUT2D eigenvalue weighted by atomic mass is 9.94. The quantitative estimate of drug-likeness (QED) is 0.904. The Morgan fingerprint density at radius 2 is 1.95 bits per heavy atom. The molecule has 1 saturated heterocycles. The summed E-state index contributed by atoms with van der Waals surface area (Å²) < 4.78 is 0. The van der Waals surface area contributed by atoms with E-state index in [4.69, 9.17) is 5.11 Å². The van der Waals surface area contributed by atoms with Gasteiger partial charge < -0.3 is 5.11 Å². The third-order valence-corrected chi connectivity index (χ3v) is 3.76. The first kappa shape index (κ1) is 13.6. The Morgan fingerprint density at radius 3 is 2.42 bits per heavy atom. The number of aliphatic carboxylic acids is 1. The molecular formula is C15H18N2O2. The van der Waals surface area contributed by atoms with Crippen LogP contribution in [0.3, 0.4) is 0 Å². The van der Waals surface area contributed by atoms with E-state index in [2.05, 4.69) is 11.0 Å². The minimum absolute atomic E-state index is 0.256. The van der Waals surface area contributed by atoms with Crippen LogP contribution in [0.1, 0.15) is 30.0 Å². The first-order valence-corrected chi connectivity index (χ1v) is 6.55. The van der Waals surface area contributed by atoms with Crippen molar-refractivity contribution in [3.8, 4) is 6.07 Å². The summed E-state index contributed by atoms with van der Waals surface area (Å²) in [7, 11) is 0. The van der Waals surface area contributed by atoms with Gasteiger partial charge in [0.25, 0.3) is 0 Å². The highest BCUT2D eigenvalue weighted by Gasteiger charge is 2.29. The first-order chi connectivity index (χ1) is 9.11. The van der Waals surface area contributed by atoms with Crippen molar-refractivity contribution in [3.05, 3.63) is 35.4 Å². The van der Waals surface area contributed by atoms with E-state index >= 15 is 0 Å². The van der Waals surface area contributed by atoms with Crippen molar-refractivity contribution in [1.82, 2.24) is 4.90 Å². The highest BCUT2D eigenvalue weighted by molar-refractivity contribution is 5.70. The smallest absolute Gasteiger partial charge is 0.306 e. The van der Waals surface area contributed by atoms with E-state index in [-0.39, 0.29) is 12.0 Å². The number of rotatable bonds is 3. The molecule has 0 aliphatic carbocycles. The van der Waals surface area contributed by atoms with Gasteiger partial charge in [-0.15, -0.1) is 0 Å². The number of piperidine rings is 1. The molecule has 0 saturated carbocycles. The van der Waals surface area contributed by atoms with E-state index in [1.54, 1.807) is 0 Å². The summed E-state index contributed by atoms with van der Waals surface area (Å²) in [6.07, 6.45) is 1.25. The van der Waals surface area contributed by atoms with Crippen LogP contribution < -0.4 is 0 Å². The Morgan fingerprint density at radius 1 is 1.37 bits per heavy atom. The van der Waals surface area contributed by atoms with E-state index in [9.17, 15) is 10.1 Å². The number of aryl methyl sites for hydroxylation is 1. The molecular weight excluding hydrogens is 240 g/mol. The van der Waals surface area contributed by atoms with Crippen molar-refractivity contribution >= 4 is 5.97 Å². The molecule has 0 amide bonds. The summed E-state index contributed by atoms with van der Waals surface area (Å²) in [6, 6.07) is 10.0. The highest BCUT2D eigenvalue weighted by atomic mass is 16.4. The van der Waals surface area contributed by atoms with E-state index in [1.807, 2.05) is 31.2 Å². The fourth-order valence-corrected chi connectivity index (χ4v) is 2.52. The van der Waals surface area contributed by atoms with Crippen LogP contribution in [0.4, 0.5) is 0 Å². The molecule has 1 N–H and O–H groups in total. The maximum atomic E-state index is 10.9. The predicted octanol–water partition coefficient (Wildman–Crippen LogP) is 2.36. The fraction of sp³-hybridized carbons (Fsp3) is 0.467. The number of nitrogens with zero attached hydrogens (tertiary/aromatic N) is 2. The van der Waals surface area contributed by atoms with Crippen molar-refractivity contribution < 1.29 is 9.90 Å². The zero-order chi connectivity index (χ0) is 13.8. The minimum atomic E-state index is -0.719. The van der Waals surface area contributed by atoms with E-state index in [0.717, 1.165) is 5.56 Å². The number of benzene rings is 1. The molecule has 2 rings (SSSR count). The van der Waals surface area contributed by atoms with Gasteiger partial charge in [-0.05, 0) is 25.3 Å². The Labute approximate surface area is 113 Å². The Balaban J connectivity index is 2.06. The van der Waals surface area contributed by atoms with Gasteiger partial charge >= 0.3 is 5.97 Å². The molecule has 0 spiro atoms. The van der Waals surface area contributed by atoms with Crippen LogP contribution in [0.2, 0.25) is 0 Å². The molecule has 1 atom stereocenters. The zero-order valence-electron chi connectivity index (χ0n) is 11.0. The standard InChI is InChI=1S/C15H18N2O2/c1-11-2-4-12(5-3-11)14(10-16)17-8-6-13(7-9-17)15(18)19/h2-5,13-14H,6-9H2,1H3,(H,18,19). The molecule has 0 bridgehead atoms. The number of likely N-dealkylation sites (tertiary alicyclic amines) is 1. The van der Waals surface area contributed by atoms with Gasteiger partial charge in [0.15, 0.2) is 0 Å². The average Bonchev–Trinajstić information content (AvgIpc) is 2.42. The summed E-state index contributed by atoms with van der Waals surface area (Å²) in [6.45, 7) is 3.36. The van der Waals surface area contributed by atoms with E-state index in [1.165, 1.54) is 5.56 Å². The third kappa shape index (κ3) is 3.12. The molecule has 1 aromatic carbocycles. The number of hydrogen-bond acceptors (Lipinski definition) is 3. The molecule has 0 aromatic heterocycles. The Bertz CT molecular complexity index is 482. The number of carboxylic acids is 1. The zero-order valence-corrected chi connectivity index (χ0v) is 11.0. The topological polar surface area (TPSA) is 64.3 Å².